The first-order valence-electron chi connectivity index (χ1n) is 10.7. The number of rotatable bonds is 5. The number of carbonyl (C=O) groups excluding carboxylic acids is 1. The van der Waals surface area contributed by atoms with Gasteiger partial charge >= 0.3 is 0 Å². The van der Waals surface area contributed by atoms with E-state index in [1.165, 1.54) is 13.2 Å². The van der Waals surface area contributed by atoms with E-state index >= 15 is 0 Å². The van der Waals surface area contributed by atoms with Gasteiger partial charge in [0.15, 0.2) is 5.65 Å². The van der Waals surface area contributed by atoms with Crippen molar-refractivity contribution in [3.8, 4) is 28.4 Å². The minimum absolute atomic E-state index is 0.311. The molecule has 172 valence electrons. The van der Waals surface area contributed by atoms with E-state index in [0.717, 1.165) is 6.42 Å². The zero-order chi connectivity index (χ0) is 23.7. The number of nitroso groups, excluding NO2 is 1. The third-order valence-electron chi connectivity index (χ3n) is 5.87. The fraction of sp³-hybridized carbons (Fsp3) is 0.261. The van der Waals surface area contributed by atoms with Crippen molar-refractivity contribution in [2.75, 3.05) is 25.1 Å². The van der Waals surface area contributed by atoms with Gasteiger partial charge in [-0.05, 0) is 36.6 Å². The summed E-state index contributed by atoms with van der Waals surface area (Å²) in [6.45, 7) is 1.04. The first kappa shape index (κ1) is 21.6. The molecule has 1 unspecified atom stereocenters. The number of hydrogen-bond donors (Lipinski definition) is 1. The number of H-pyrrole nitrogens is 1. The average Bonchev–Trinajstić information content (AvgIpc) is 3.31. The van der Waals surface area contributed by atoms with Crippen molar-refractivity contribution in [2.24, 2.45) is 11.1 Å². The Morgan fingerprint density at radius 1 is 1.18 bits per heavy atom. The largest absolute Gasteiger partial charge is 0.481 e. The van der Waals surface area contributed by atoms with Crippen LogP contribution in [0.5, 0.6) is 5.88 Å². The number of imidazole rings is 1. The maximum atomic E-state index is 15.0. The smallest absolute Gasteiger partial charge is 0.291 e. The van der Waals surface area contributed by atoms with Gasteiger partial charge in [-0.2, -0.15) is 4.98 Å². The van der Waals surface area contributed by atoms with Crippen molar-refractivity contribution in [3.05, 3.63) is 53.4 Å². The monoisotopic (exact) mass is 461 g/mol. The Bertz CT molecular complexity index is 1370. The number of carbonyl (C=O) groups is 1. The quantitative estimate of drug-likeness (QED) is 0.446. The highest BCUT2D eigenvalue weighted by atomic mass is 19.1. The summed E-state index contributed by atoms with van der Waals surface area (Å²) in [5, 5.41) is 2.54. The van der Waals surface area contributed by atoms with Crippen molar-refractivity contribution >= 4 is 23.0 Å². The summed E-state index contributed by atoms with van der Waals surface area (Å²) in [7, 11) is 1.52. The molecule has 3 aromatic heterocycles. The molecule has 1 atom stereocenters. The van der Waals surface area contributed by atoms with Crippen LogP contribution in [0.25, 0.3) is 33.7 Å². The standard InChI is InChI=1S/C23H20FN7O3/c1-34-19-7-6-18-21(28-19)29-20(27-18)16-5-4-13(9-17(16)24)15-10-25-23(26-11-15)31-8-2-3-14(12-31)22(32)30-33/h4-7,9-11,14H,2-3,8,12H2,1H3,(H,27,28,29). The van der Waals surface area contributed by atoms with Crippen molar-refractivity contribution in [2.45, 2.75) is 12.8 Å². The SMILES string of the molecule is COc1ccc2nc(-c3ccc(-c4cnc(N5CCCC(C(=O)N=O)C5)nc4)cc3F)[nH]c2n1. The predicted octanol–water partition coefficient (Wildman–Crippen LogP) is 3.74. The Balaban J connectivity index is 1.36. The number of methoxy groups -OCH3 is 1. The number of nitrogens with one attached hydrogen (secondary N) is 1. The van der Waals surface area contributed by atoms with Crippen LogP contribution in [0.15, 0.2) is 47.9 Å². The Morgan fingerprint density at radius 3 is 2.74 bits per heavy atom. The number of anilines is 1. The molecule has 4 aromatic rings. The van der Waals surface area contributed by atoms with E-state index in [0.29, 0.717) is 65.0 Å². The van der Waals surface area contributed by atoms with Gasteiger partial charge in [0.1, 0.15) is 17.2 Å². The maximum Gasteiger partial charge on any atom is 0.291 e. The summed E-state index contributed by atoms with van der Waals surface area (Å²) in [6, 6.07) is 8.25. The normalized spacial score (nSPS) is 15.9. The van der Waals surface area contributed by atoms with Crippen LogP contribution in [0, 0.1) is 16.6 Å². The molecule has 1 aliphatic rings. The summed E-state index contributed by atoms with van der Waals surface area (Å²) in [4.78, 5) is 44.5. The number of benzene rings is 1. The highest BCUT2D eigenvalue weighted by Gasteiger charge is 2.27. The molecule has 0 aliphatic carbocycles. The van der Waals surface area contributed by atoms with Gasteiger partial charge in [0, 0.05) is 42.3 Å². The number of nitrogens with zero attached hydrogens (tertiary/aromatic N) is 6. The van der Waals surface area contributed by atoms with Crippen molar-refractivity contribution in [1.82, 2.24) is 24.9 Å². The van der Waals surface area contributed by atoms with E-state index in [9.17, 15) is 14.1 Å². The van der Waals surface area contributed by atoms with Gasteiger partial charge in [-0.1, -0.05) is 6.07 Å². The Morgan fingerprint density at radius 2 is 2.00 bits per heavy atom. The molecule has 1 fully saturated rings. The lowest BCUT2D eigenvalue weighted by atomic mass is 9.98. The zero-order valence-electron chi connectivity index (χ0n) is 18.2. The molecule has 1 aromatic carbocycles. The molecule has 5 rings (SSSR count). The van der Waals surface area contributed by atoms with Gasteiger partial charge in [-0.25, -0.2) is 19.3 Å². The fourth-order valence-electron chi connectivity index (χ4n) is 4.07. The predicted molar refractivity (Wildman–Crippen MR) is 123 cm³/mol. The first-order valence-corrected chi connectivity index (χ1v) is 10.7. The summed E-state index contributed by atoms with van der Waals surface area (Å²) >= 11 is 0. The molecule has 0 saturated carbocycles. The van der Waals surface area contributed by atoms with Crippen molar-refractivity contribution in [3.63, 3.8) is 0 Å². The Hall–Kier alpha value is -4.28. The molecule has 11 heteroatoms. The number of piperidine rings is 1. The van der Waals surface area contributed by atoms with Crippen molar-refractivity contribution in [1.29, 1.82) is 0 Å². The zero-order valence-corrected chi connectivity index (χ0v) is 18.2. The molecule has 0 bridgehead atoms. The molecule has 4 heterocycles. The van der Waals surface area contributed by atoms with Crippen LogP contribution in [0.2, 0.25) is 0 Å². The lowest BCUT2D eigenvalue weighted by molar-refractivity contribution is -0.121. The topological polar surface area (TPSA) is 126 Å². The van der Waals surface area contributed by atoms with Gasteiger partial charge in [-0.15, -0.1) is 4.91 Å². The fourth-order valence-corrected chi connectivity index (χ4v) is 4.07. The number of aromatic amines is 1. The number of pyridine rings is 1. The number of aromatic nitrogens is 5. The van der Waals surface area contributed by atoms with Crippen LogP contribution < -0.4 is 9.64 Å². The molecule has 1 saturated heterocycles. The summed E-state index contributed by atoms with van der Waals surface area (Å²) in [6.07, 6.45) is 4.59. The van der Waals surface area contributed by atoms with E-state index in [1.807, 2.05) is 4.90 Å². The summed E-state index contributed by atoms with van der Waals surface area (Å²) < 4.78 is 20.1. The van der Waals surface area contributed by atoms with Gasteiger partial charge in [-0.3, -0.25) is 4.79 Å². The third-order valence-corrected chi connectivity index (χ3v) is 5.87. The van der Waals surface area contributed by atoms with Crippen molar-refractivity contribution < 1.29 is 13.9 Å². The Kier molecular flexibility index (Phi) is 5.66. The molecular weight excluding hydrogens is 441 g/mol. The van der Waals surface area contributed by atoms with Crippen LogP contribution in [0.3, 0.4) is 0 Å². The molecule has 1 N–H and O–H groups in total. The molecule has 1 aliphatic heterocycles. The lowest BCUT2D eigenvalue weighted by Gasteiger charge is -2.30. The van der Waals surface area contributed by atoms with Crippen LogP contribution >= 0.6 is 0 Å². The average molecular weight is 461 g/mol. The lowest BCUT2D eigenvalue weighted by Crippen LogP contribution is -2.39. The number of halogens is 1. The molecule has 0 radical (unpaired) electrons. The maximum absolute atomic E-state index is 15.0. The molecule has 34 heavy (non-hydrogen) atoms. The van der Waals surface area contributed by atoms with E-state index in [1.54, 1.807) is 36.7 Å². The number of ether oxygens (including phenoxy) is 1. The second-order valence-electron chi connectivity index (χ2n) is 7.99. The minimum atomic E-state index is -0.642. The summed E-state index contributed by atoms with van der Waals surface area (Å²) in [5.74, 6) is -0.276. The number of fused-ring (bicyclic) bond motifs is 1. The van der Waals surface area contributed by atoms with Crippen LogP contribution in [-0.4, -0.2) is 51.0 Å². The second-order valence-corrected chi connectivity index (χ2v) is 7.99. The van der Waals surface area contributed by atoms with Gasteiger partial charge in [0.2, 0.25) is 11.8 Å². The second kappa shape index (κ2) is 8.93. The van der Waals surface area contributed by atoms with Gasteiger partial charge < -0.3 is 14.6 Å². The molecule has 10 nitrogen and oxygen atoms in total. The highest BCUT2D eigenvalue weighted by molar-refractivity contribution is 5.80. The van der Waals surface area contributed by atoms with E-state index < -0.39 is 17.6 Å². The van der Waals surface area contributed by atoms with Crippen LogP contribution in [-0.2, 0) is 4.79 Å². The number of amides is 1. The summed E-state index contributed by atoms with van der Waals surface area (Å²) in [5.41, 5.74) is 2.68. The van der Waals surface area contributed by atoms with Gasteiger partial charge in [0.25, 0.3) is 5.91 Å². The van der Waals surface area contributed by atoms with Crippen LogP contribution in [0.1, 0.15) is 12.8 Å². The highest BCUT2D eigenvalue weighted by Crippen LogP contribution is 2.28. The molecule has 1 amide bonds. The van der Waals surface area contributed by atoms with Crippen LogP contribution in [0.4, 0.5) is 10.3 Å². The first-order chi connectivity index (χ1) is 16.6. The van der Waals surface area contributed by atoms with E-state index in [2.05, 4.69) is 30.1 Å². The van der Waals surface area contributed by atoms with E-state index in [4.69, 9.17) is 4.74 Å². The molecular formula is C23H20FN7O3. The third kappa shape index (κ3) is 4.07. The molecule has 0 spiro atoms. The Labute approximate surface area is 193 Å². The van der Waals surface area contributed by atoms with Gasteiger partial charge in [0.05, 0.1) is 18.6 Å². The minimum Gasteiger partial charge on any atom is -0.481 e. The van der Waals surface area contributed by atoms with E-state index in [-0.39, 0.29) is 0 Å². The number of hydrogen-bond acceptors (Lipinski definition) is 8.